The lowest BCUT2D eigenvalue weighted by Crippen LogP contribution is -2.37. The van der Waals surface area contributed by atoms with Gasteiger partial charge in [-0.3, -0.25) is 19.0 Å². The lowest BCUT2D eigenvalue weighted by Gasteiger charge is -2.13. The number of hydrogen-bond donors (Lipinski definition) is 2. The highest BCUT2D eigenvalue weighted by molar-refractivity contribution is 7.79. The van der Waals surface area contributed by atoms with Crippen molar-refractivity contribution in [3.63, 3.8) is 0 Å². The molecule has 0 fully saturated rings. The first kappa shape index (κ1) is 16.6. The van der Waals surface area contributed by atoms with Gasteiger partial charge in [0.05, 0.1) is 23.0 Å². The van der Waals surface area contributed by atoms with Crippen molar-refractivity contribution >= 4 is 28.1 Å². The van der Waals surface area contributed by atoms with Crippen LogP contribution >= 0.6 is 0 Å². The number of carboxylic acid groups (broad SMARTS) is 1. The van der Waals surface area contributed by atoms with E-state index in [1.807, 2.05) is 0 Å². The van der Waals surface area contributed by atoms with E-state index in [2.05, 4.69) is 9.97 Å². The zero-order chi connectivity index (χ0) is 18.1. The van der Waals surface area contributed by atoms with Crippen molar-refractivity contribution in [2.45, 2.75) is 6.54 Å². The Hall–Kier alpha value is -3.21. The van der Waals surface area contributed by atoms with E-state index in [0.717, 1.165) is 4.57 Å². The summed E-state index contributed by atoms with van der Waals surface area (Å²) in [6.07, 6.45) is 5.89. The first-order chi connectivity index (χ1) is 11.9. The Balaban J connectivity index is 2.38. The minimum absolute atomic E-state index is 0.169. The molecule has 0 amide bonds. The average Bonchev–Trinajstić information content (AvgIpc) is 3.04. The van der Waals surface area contributed by atoms with Crippen molar-refractivity contribution < 1.29 is 18.3 Å². The van der Waals surface area contributed by atoms with E-state index in [9.17, 15) is 18.6 Å². The smallest absolute Gasteiger partial charge is 0.323 e. The van der Waals surface area contributed by atoms with E-state index in [4.69, 9.17) is 9.29 Å². The second-order valence-corrected chi connectivity index (χ2v) is 6.00. The number of aliphatic carboxylic acids is 1. The Bertz CT molecular complexity index is 1100. The second kappa shape index (κ2) is 6.36. The van der Waals surface area contributed by atoms with Crippen molar-refractivity contribution in [2.24, 2.45) is 0 Å². The van der Waals surface area contributed by atoms with Crippen LogP contribution in [0.5, 0.6) is 5.75 Å². The van der Waals surface area contributed by atoms with Crippen molar-refractivity contribution in [2.75, 3.05) is 6.26 Å². The fourth-order valence-corrected chi connectivity index (χ4v) is 2.76. The van der Waals surface area contributed by atoms with Crippen LogP contribution in [-0.2, 0) is 22.4 Å². The predicted octanol–water partition coefficient (Wildman–Crippen LogP) is -0.368. The number of fused-ring (bicyclic) bond motifs is 1. The number of benzene rings is 1. The summed E-state index contributed by atoms with van der Waals surface area (Å²) in [5, 5.41) is 9.02. The summed E-state index contributed by atoms with van der Waals surface area (Å²) in [5.41, 5.74) is -1.21. The molecule has 0 saturated carbocycles. The summed E-state index contributed by atoms with van der Waals surface area (Å²) < 4.78 is 19.1. The number of carboxylic acids is 1. The highest BCUT2D eigenvalue weighted by atomic mass is 32.2. The monoisotopic (exact) mass is 364 g/mol. The summed E-state index contributed by atoms with van der Waals surface area (Å²) in [7, 11) is 0. The van der Waals surface area contributed by atoms with Gasteiger partial charge in [0, 0.05) is 24.7 Å². The van der Waals surface area contributed by atoms with Gasteiger partial charge in [-0.05, 0) is 6.07 Å². The SMILES string of the molecule is CS(=O)Oc1cc2[nH]c(=O)c(=O)n(CC(=O)O)c2cc1-n1ccnc1. The summed E-state index contributed by atoms with van der Waals surface area (Å²) >= 11 is -1.64. The van der Waals surface area contributed by atoms with Crippen molar-refractivity contribution in [1.82, 2.24) is 19.1 Å². The molecule has 0 aliphatic rings. The molecule has 130 valence electrons. The molecule has 2 N–H and O–H groups in total. The number of nitrogens with one attached hydrogen (secondary N) is 1. The first-order valence-corrected chi connectivity index (χ1v) is 8.38. The van der Waals surface area contributed by atoms with E-state index in [0.29, 0.717) is 5.69 Å². The molecular formula is C14H12N4O6S. The van der Waals surface area contributed by atoms with Crippen molar-refractivity contribution in [1.29, 1.82) is 0 Å². The van der Waals surface area contributed by atoms with Crippen LogP contribution in [0.3, 0.4) is 0 Å². The minimum Gasteiger partial charge on any atom is -0.480 e. The van der Waals surface area contributed by atoms with Gasteiger partial charge in [-0.1, -0.05) is 0 Å². The normalized spacial score (nSPS) is 12.2. The molecule has 0 bridgehead atoms. The van der Waals surface area contributed by atoms with E-state index in [1.54, 1.807) is 10.8 Å². The molecular weight excluding hydrogens is 352 g/mol. The van der Waals surface area contributed by atoms with Gasteiger partial charge in [-0.25, -0.2) is 9.19 Å². The summed E-state index contributed by atoms with van der Waals surface area (Å²) in [4.78, 5) is 41.2. The van der Waals surface area contributed by atoms with Gasteiger partial charge in [0.2, 0.25) is 11.1 Å². The lowest BCUT2D eigenvalue weighted by molar-refractivity contribution is -0.137. The highest BCUT2D eigenvalue weighted by Crippen LogP contribution is 2.28. The third-order valence-corrected chi connectivity index (χ3v) is 3.75. The average molecular weight is 364 g/mol. The first-order valence-electron chi connectivity index (χ1n) is 6.89. The third kappa shape index (κ3) is 3.21. The number of hydrogen-bond acceptors (Lipinski definition) is 6. The Morgan fingerprint density at radius 1 is 1.40 bits per heavy atom. The van der Waals surface area contributed by atoms with Crippen molar-refractivity contribution in [3.8, 4) is 11.4 Å². The number of aromatic nitrogens is 4. The van der Waals surface area contributed by atoms with Gasteiger partial charge >= 0.3 is 17.1 Å². The molecule has 0 spiro atoms. The van der Waals surface area contributed by atoms with Gasteiger partial charge in [-0.2, -0.15) is 0 Å². The van der Waals surface area contributed by atoms with Gasteiger partial charge in [-0.15, -0.1) is 0 Å². The van der Waals surface area contributed by atoms with Gasteiger partial charge in [0.1, 0.15) is 6.54 Å². The maximum absolute atomic E-state index is 12.0. The van der Waals surface area contributed by atoms with Crippen LogP contribution in [0.25, 0.3) is 16.7 Å². The Labute approximate surface area is 142 Å². The van der Waals surface area contributed by atoms with E-state index in [1.165, 1.54) is 30.9 Å². The van der Waals surface area contributed by atoms with Crippen molar-refractivity contribution in [3.05, 3.63) is 51.6 Å². The largest absolute Gasteiger partial charge is 0.480 e. The number of H-pyrrole nitrogens is 1. The topological polar surface area (TPSA) is 136 Å². The number of nitrogens with zero attached hydrogens (tertiary/aromatic N) is 3. The predicted molar refractivity (Wildman–Crippen MR) is 88.3 cm³/mol. The molecule has 3 rings (SSSR count). The summed E-state index contributed by atoms with van der Waals surface area (Å²) in [6, 6.07) is 2.84. The molecule has 3 aromatic rings. The molecule has 2 heterocycles. The maximum atomic E-state index is 12.0. The van der Waals surface area contributed by atoms with Crippen LogP contribution < -0.4 is 15.3 Å². The fraction of sp³-hybridized carbons (Fsp3) is 0.143. The molecule has 2 aromatic heterocycles. The quantitative estimate of drug-likeness (QED) is 0.590. The number of aromatic amines is 1. The number of imidazole rings is 1. The Kier molecular flexibility index (Phi) is 4.23. The van der Waals surface area contributed by atoms with Crippen LogP contribution in [0, 0.1) is 0 Å². The van der Waals surface area contributed by atoms with Crippen LogP contribution in [-0.4, -0.2) is 40.6 Å². The Morgan fingerprint density at radius 3 is 2.76 bits per heavy atom. The number of rotatable bonds is 5. The molecule has 1 unspecified atom stereocenters. The van der Waals surface area contributed by atoms with Crippen LogP contribution in [0.15, 0.2) is 40.4 Å². The molecule has 0 radical (unpaired) electrons. The van der Waals surface area contributed by atoms with Crippen LogP contribution in [0.2, 0.25) is 0 Å². The van der Waals surface area contributed by atoms with E-state index in [-0.39, 0.29) is 16.8 Å². The van der Waals surface area contributed by atoms with Gasteiger partial charge in [0.25, 0.3) is 0 Å². The molecule has 1 aromatic carbocycles. The Morgan fingerprint density at radius 2 is 2.16 bits per heavy atom. The third-order valence-electron chi connectivity index (χ3n) is 3.34. The standard InChI is InChI=1S/C14H12N4O6S/c1-25(23)24-11-4-8-9(5-10(11)17-3-2-15-7-17)18(6-12(19)20)14(22)13(21)16-8/h2-5,7H,6H2,1H3,(H,16,21)(H,19,20). The number of carbonyl (C=O) groups is 1. The van der Waals surface area contributed by atoms with E-state index >= 15 is 0 Å². The summed E-state index contributed by atoms with van der Waals surface area (Å²) in [6.45, 7) is -0.678. The molecule has 1 atom stereocenters. The molecule has 0 aliphatic carbocycles. The zero-order valence-electron chi connectivity index (χ0n) is 12.8. The van der Waals surface area contributed by atoms with Crippen LogP contribution in [0.1, 0.15) is 0 Å². The molecule has 11 heteroatoms. The highest BCUT2D eigenvalue weighted by Gasteiger charge is 2.16. The zero-order valence-corrected chi connectivity index (χ0v) is 13.6. The summed E-state index contributed by atoms with van der Waals surface area (Å²) in [5.74, 6) is -1.10. The second-order valence-electron chi connectivity index (χ2n) is 5.03. The molecule has 10 nitrogen and oxygen atoms in total. The van der Waals surface area contributed by atoms with Crippen LogP contribution in [0.4, 0.5) is 0 Å². The lowest BCUT2D eigenvalue weighted by atomic mass is 10.2. The van der Waals surface area contributed by atoms with Gasteiger partial charge in [0.15, 0.2) is 5.75 Å². The minimum atomic E-state index is -1.64. The molecule has 25 heavy (non-hydrogen) atoms. The fourth-order valence-electron chi connectivity index (χ4n) is 2.38. The molecule has 0 aliphatic heterocycles. The molecule has 0 saturated heterocycles. The van der Waals surface area contributed by atoms with E-state index < -0.39 is 34.7 Å². The van der Waals surface area contributed by atoms with Gasteiger partial charge < -0.3 is 18.8 Å². The maximum Gasteiger partial charge on any atom is 0.323 e.